The van der Waals surface area contributed by atoms with Crippen molar-refractivity contribution in [3.63, 3.8) is 0 Å². The van der Waals surface area contributed by atoms with Crippen LogP contribution in [0.5, 0.6) is 0 Å². The Bertz CT molecular complexity index is 935. The molecule has 0 bridgehead atoms. The molecule has 1 aliphatic heterocycles. The standard InChI is InChI=1S/C23H26N2O3/c26-16-19-10-4-5-14-25(19)23(27)18-12-13-21-20(15-18)24-22(28-21)11-6-9-17-7-2-1-3-8-17/h1-3,7-8,12-13,15,19,26H,4-6,9-11,14,16H2. The Morgan fingerprint density at radius 3 is 2.82 bits per heavy atom. The van der Waals surface area contributed by atoms with Gasteiger partial charge < -0.3 is 14.4 Å². The van der Waals surface area contributed by atoms with E-state index in [1.165, 1.54) is 5.56 Å². The van der Waals surface area contributed by atoms with Gasteiger partial charge in [-0.3, -0.25) is 4.79 Å². The number of rotatable bonds is 6. The number of amides is 1. The number of hydrogen-bond donors (Lipinski definition) is 1. The minimum absolute atomic E-state index is 0.0174. The molecule has 2 heterocycles. The van der Waals surface area contributed by atoms with Gasteiger partial charge in [0.2, 0.25) is 0 Å². The number of carbonyl (C=O) groups excluding carboxylic acids is 1. The van der Waals surface area contributed by atoms with E-state index in [0.717, 1.165) is 44.0 Å². The summed E-state index contributed by atoms with van der Waals surface area (Å²) in [6.45, 7) is 0.717. The molecule has 1 unspecified atom stereocenters. The van der Waals surface area contributed by atoms with Crippen LogP contribution in [0.1, 0.15) is 47.5 Å². The molecule has 1 aromatic heterocycles. The summed E-state index contributed by atoms with van der Waals surface area (Å²) in [5.41, 5.74) is 3.35. The number of aromatic nitrogens is 1. The smallest absolute Gasteiger partial charge is 0.254 e. The summed E-state index contributed by atoms with van der Waals surface area (Å²) in [6, 6.07) is 15.7. The van der Waals surface area contributed by atoms with E-state index in [9.17, 15) is 9.90 Å². The Morgan fingerprint density at radius 2 is 2.00 bits per heavy atom. The van der Waals surface area contributed by atoms with Gasteiger partial charge in [0.25, 0.3) is 5.91 Å². The second kappa shape index (κ2) is 8.57. The molecule has 2 aromatic carbocycles. The molecule has 3 aromatic rings. The maximum Gasteiger partial charge on any atom is 0.254 e. The quantitative estimate of drug-likeness (QED) is 0.704. The highest BCUT2D eigenvalue weighted by Crippen LogP contribution is 2.23. The topological polar surface area (TPSA) is 66.6 Å². The normalized spacial score (nSPS) is 17.2. The van der Waals surface area contributed by atoms with Crippen LogP contribution in [-0.4, -0.2) is 40.1 Å². The predicted molar refractivity (Wildman–Crippen MR) is 108 cm³/mol. The second-order valence-electron chi connectivity index (χ2n) is 7.46. The molecular weight excluding hydrogens is 352 g/mol. The molecule has 1 fully saturated rings. The number of nitrogens with zero attached hydrogens (tertiary/aromatic N) is 2. The Morgan fingerprint density at radius 1 is 1.14 bits per heavy atom. The highest BCUT2D eigenvalue weighted by molar-refractivity contribution is 5.97. The molecule has 1 saturated heterocycles. The number of benzene rings is 2. The van der Waals surface area contributed by atoms with Crippen LogP contribution < -0.4 is 0 Å². The molecule has 0 saturated carbocycles. The number of piperidine rings is 1. The predicted octanol–water partition coefficient (Wildman–Crippen LogP) is 3.99. The first-order valence-corrected chi connectivity index (χ1v) is 10.1. The highest BCUT2D eigenvalue weighted by Gasteiger charge is 2.27. The zero-order valence-electron chi connectivity index (χ0n) is 16.0. The molecule has 0 spiro atoms. The van der Waals surface area contributed by atoms with Crippen LogP contribution in [0.15, 0.2) is 52.9 Å². The van der Waals surface area contributed by atoms with Crippen molar-refractivity contribution < 1.29 is 14.3 Å². The molecular formula is C23H26N2O3. The van der Waals surface area contributed by atoms with Gasteiger partial charge in [-0.1, -0.05) is 30.3 Å². The van der Waals surface area contributed by atoms with E-state index < -0.39 is 0 Å². The molecule has 4 rings (SSSR count). The SMILES string of the molecule is O=C(c1ccc2oc(CCCc3ccccc3)nc2c1)N1CCCCC1CO. The number of aliphatic hydroxyl groups is 1. The molecule has 1 atom stereocenters. The second-order valence-corrected chi connectivity index (χ2v) is 7.46. The largest absolute Gasteiger partial charge is 0.441 e. The van der Waals surface area contributed by atoms with Gasteiger partial charge >= 0.3 is 0 Å². The maximum atomic E-state index is 12.9. The Labute approximate surface area is 165 Å². The summed E-state index contributed by atoms with van der Waals surface area (Å²) < 4.78 is 5.85. The fourth-order valence-electron chi connectivity index (χ4n) is 3.93. The molecule has 1 amide bonds. The van der Waals surface area contributed by atoms with E-state index >= 15 is 0 Å². The molecule has 28 heavy (non-hydrogen) atoms. The number of oxazole rings is 1. The third kappa shape index (κ3) is 4.09. The van der Waals surface area contributed by atoms with Gasteiger partial charge in [-0.05, 0) is 55.9 Å². The summed E-state index contributed by atoms with van der Waals surface area (Å²) in [6.07, 6.45) is 5.63. The average molecular weight is 378 g/mol. The van der Waals surface area contributed by atoms with Crippen molar-refractivity contribution in [2.45, 2.75) is 44.6 Å². The Kier molecular flexibility index (Phi) is 5.72. The van der Waals surface area contributed by atoms with Crippen LogP contribution in [-0.2, 0) is 12.8 Å². The first kappa shape index (κ1) is 18.7. The van der Waals surface area contributed by atoms with Gasteiger partial charge in [0.15, 0.2) is 11.5 Å². The monoisotopic (exact) mass is 378 g/mol. The lowest BCUT2D eigenvalue weighted by molar-refractivity contribution is 0.0503. The van der Waals surface area contributed by atoms with Crippen molar-refractivity contribution in [1.29, 1.82) is 0 Å². The first-order valence-electron chi connectivity index (χ1n) is 10.1. The minimum atomic E-state index is -0.0807. The third-order valence-electron chi connectivity index (χ3n) is 5.48. The van der Waals surface area contributed by atoms with Crippen molar-refractivity contribution in [3.05, 3.63) is 65.5 Å². The lowest BCUT2D eigenvalue weighted by atomic mass is 10.0. The van der Waals surface area contributed by atoms with Crippen molar-refractivity contribution >= 4 is 17.0 Å². The number of hydrogen-bond acceptors (Lipinski definition) is 4. The minimum Gasteiger partial charge on any atom is -0.441 e. The molecule has 146 valence electrons. The van der Waals surface area contributed by atoms with E-state index in [-0.39, 0.29) is 18.6 Å². The average Bonchev–Trinajstić information content (AvgIpc) is 3.16. The molecule has 5 nitrogen and oxygen atoms in total. The van der Waals surface area contributed by atoms with Crippen molar-refractivity contribution in [3.8, 4) is 0 Å². The van der Waals surface area contributed by atoms with Gasteiger partial charge in [-0.25, -0.2) is 4.98 Å². The van der Waals surface area contributed by atoms with Crippen molar-refractivity contribution in [1.82, 2.24) is 9.88 Å². The summed E-state index contributed by atoms with van der Waals surface area (Å²) >= 11 is 0. The highest BCUT2D eigenvalue weighted by atomic mass is 16.3. The Hall–Kier alpha value is -2.66. The van der Waals surface area contributed by atoms with E-state index in [1.807, 2.05) is 18.2 Å². The van der Waals surface area contributed by atoms with E-state index in [0.29, 0.717) is 23.6 Å². The van der Waals surface area contributed by atoms with Crippen molar-refractivity contribution in [2.24, 2.45) is 0 Å². The van der Waals surface area contributed by atoms with Crippen LogP contribution in [0.2, 0.25) is 0 Å². The van der Waals surface area contributed by atoms with Crippen LogP contribution >= 0.6 is 0 Å². The van der Waals surface area contributed by atoms with Crippen LogP contribution in [0.4, 0.5) is 0 Å². The van der Waals surface area contributed by atoms with Gasteiger partial charge in [0.05, 0.1) is 12.6 Å². The van der Waals surface area contributed by atoms with Gasteiger partial charge in [-0.2, -0.15) is 0 Å². The number of aryl methyl sites for hydroxylation is 2. The number of aliphatic hydroxyl groups excluding tert-OH is 1. The molecule has 1 N–H and O–H groups in total. The fraction of sp³-hybridized carbons (Fsp3) is 0.391. The molecule has 0 radical (unpaired) electrons. The lowest BCUT2D eigenvalue weighted by Crippen LogP contribution is -2.45. The zero-order chi connectivity index (χ0) is 19.3. The van der Waals surface area contributed by atoms with E-state index in [1.54, 1.807) is 11.0 Å². The number of carbonyl (C=O) groups is 1. The molecule has 1 aliphatic rings. The number of fused-ring (bicyclic) bond motifs is 1. The van der Waals surface area contributed by atoms with Crippen LogP contribution in [0, 0.1) is 0 Å². The van der Waals surface area contributed by atoms with Gasteiger partial charge in [0, 0.05) is 18.5 Å². The summed E-state index contributed by atoms with van der Waals surface area (Å²) in [4.78, 5) is 19.3. The van der Waals surface area contributed by atoms with E-state index in [4.69, 9.17) is 4.42 Å². The lowest BCUT2D eigenvalue weighted by Gasteiger charge is -2.34. The maximum absolute atomic E-state index is 12.9. The first-order chi connectivity index (χ1) is 13.7. The van der Waals surface area contributed by atoms with Crippen LogP contribution in [0.3, 0.4) is 0 Å². The zero-order valence-corrected chi connectivity index (χ0v) is 16.0. The van der Waals surface area contributed by atoms with Crippen LogP contribution in [0.25, 0.3) is 11.1 Å². The van der Waals surface area contributed by atoms with Gasteiger partial charge in [-0.15, -0.1) is 0 Å². The summed E-state index contributed by atoms with van der Waals surface area (Å²) in [7, 11) is 0. The number of likely N-dealkylation sites (tertiary alicyclic amines) is 1. The Balaban J connectivity index is 1.44. The van der Waals surface area contributed by atoms with E-state index in [2.05, 4.69) is 29.2 Å². The third-order valence-corrected chi connectivity index (χ3v) is 5.48. The fourth-order valence-corrected chi connectivity index (χ4v) is 3.93. The van der Waals surface area contributed by atoms with Gasteiger partial charge in [0.1, 0.15) is 5.52 Å². The van der Waals surface area contributed by atoms with Crippen molar-refractivity contribution in [2.75, 3.05) is 13.2 Å². The summed E-state index contributed by atoms with van der Waals surface area (Å²) in [5, 5.41) is 9.58. The molecule has 5 heteroatoms. The molecule has 0 aliphatic carbocycles. The summed E-state index contributed by atoms with van der Waals surface area (Å²) in [5.74, 6) is 0.677.